The highest BCUT2D eigenvalue weighted by Crippen LogP contribution is 2.17. The van der Waals surface area contributed by atoms with Crippen molar-refractivity contribution in [1.82, 2.24) is 15.3 Å². The normalized spacial score (nSPS) is 10.5. The maximum Gasteiger partial charge on any atom is 0.251 e. The Balaban J connectivity index is 1.95. The van der Waals surface area contributed by atoms with Crippen molar-refractivity contribution in [3.05, 3.63) is 57.8 Å². The van der Waals surface area contributed by atoms with Gasteiger partial charge in [-0.2, -0.15) is 0 Å². The number of aliphatic hydroxyl groups is 1. The fraction of sp³-hybridized carbons (Fsp3) is 0.267. The number of H-pyrrole nitrogens is 1. The number of amides is 1. The molecule has 0 unspecified atom stereocenters. The summed E-state index contributed by atoms with van der Waals surface area (Å²) >= 11 is 1.52. The molecule has 0 aliphatic carbocycles. The average Bonchev–Trinajstić information content (AvgIpc) is 2.50. The molecule has 0 aliphatic heterocycles. The number of aromatic amines is 1. The van der Waals surface area contributed by atoms with Gasteiger partial charge >= 0.3 is 0 Å². The second-order valence-electron chi connectivity index (χ2n) is 4.60. The standard InChI is InChI=1S/C15H17N3O3S/c1-10-17-12(8-14(20)18-10)9-16-15(21)11-2-4-13(5-3-11)22-7-6-19/h2-5,8,19H,6-7,9H2,1H3,(H,16,21)(H,17,18,20). The number of aromatic nitrogens is 2. The largest absolute Gasteiger partial charge is 0.396 e. The molecule has 0 spiro atoms. The highest BCUT2D eigenvalue weighted by Gasteiger charge is 2.06. The van der Waals surface area contributed by atoms with Crippen molar-refractivity contribution < 1.29 is 9.90 Å². The van der Waals surface area contributed by atoms with Gasteiger partial charge in [-0.1, -0.05) is 0 Å². The maximum atomic E-state index is 12.0. The number of carbonyl (C=O) groups excluding carboxylic acids is 1. The summed E-state index contributed by atoms with van der Waals surface area (Å²) in [5.41, 5.74) is 0.821. The summed E-state index contributed by atoms with van der Waals surface area (Å²) in [5, 5.41) is 11.5. The number of aryl methyl sites for hydroxylation is 1. The van der Waals surface area contributed by atoms with Crippen molar-refractivity contribution in [3.8, 4) is 0 Å². The molecule has 1 heterocycles. The van der Waals surface area contributed by atoms with E-state index in [9.17, 15) is 9.59 Å². The lowest BCUT2D eigenvalue weighted by molar-refractivity contribution is 0.0950. The van der Waals surface area contributed by atoms with Crippen LogP contribution in [0.2, 0.25) is 0 Å². The van der Waals surface area contributed by atoms with Gasteiger partial charge in [-0.15, -0.1) is 11.8 Å². The molecule has 1 amide bonds. The number of rotatable bonds is 6. The molecule has 6 nitrogen and oxygen atoms in total. The van der Waals surface area contributed by atoms with Crippen LogP contribution in [0.15, 0.2) is 40.0 Å². The molecule has 1 aromatic heterocycles. The van der Waals surface area contributed by atoms with E-state index in [0.29, 0.717) is 22.8 Å². The van der Waals surface area contributed by atoms with E-state index in [1.165, 1.54) is 17.8 Å². The Hall–Kier alpha value is -2.12. The van der Waals surface area contributed by atoms with E-state index in [4.69, 9.17) is 5.11 Å². The third kappa shape index (κ3) is 4.71. The van der Waals surface area contributed by atoms with Crippen molar-refractivity contribution in [3.63, 3.8) is 0 Å². The molecule has 0 atom stereocenters. The van der Waals surface area contributed by atoms with Gasteiger partial charge in [0.1, 0.15) is 5.82 Å². The van der Waals surface area contributed by atoms with Gasteiger partial charge < -0.3 is 15.4 Å². The molecule has 1 aromatic carbocycles. The maximum absolute atomic E-state index is 12.0. The van der Waals surface area contributed by atoms with E-state index in [-0.39, 0.29) is 24.6 Å². The molecular formula is C15H17N3O3S. The van der Waals surface area contributed by atoms with E-state index in [0.717, 1.165) is 4.90 Å². The van der Waals surface area contributed by atoms with Crippen LogP contribution in [0, 0.1) is 6.92 Å². The van der Waals surface area contributed by atoms with Crippen LogP contribution in [0.4, 0.5) is 0 Å². The number of carbonyl (C=O) groups is 1. The summed E-state index contributed by atoms with van der Waals surface area (Å²) in [6.45, 7) is 2.01. The predicted molar refractivity (Wildman–Crippen MR) is 85.0 cm³/mol. The summed E-state index contributed by atoms with van der Waals surface area (Å²) in [6, 6.07) is 8.49. The van der Waals surface area contributed by atoms with Crippen LogP contribution < -0.4 is 10.9 Å². The van der Waals surface area contributed by atoms with Crippen LogP contribution in [0.25, 0.3) is 0 Å². The third-order valence-corrected chi connectivity index (χ3v) is 3.81. The van der Waals surface area contributed by atoms with E-state index < -0.39 is 0 Å². The van der Waals surface area contributed by atoms with Gasteiger partial charge in [0, 0.05) is 22.3 Å². The minimum Gasteiger partial charge on any atom is -0.396 e. The van der Waals surface area contributed by atoms with Crippen LogP contribution in [-0.4, -0.2) is 33.3 Å². The smallest absolute Gasteiger partial charge is 0.251 e. The average molecular weight is 319 g/mol. The molecule has 0 aliphatic rings. The lowest BCUT2D eigenvalue weighted by atomic mass is 10.2. The molecule has 2 rings (SSSR count). The summed E-state index contributed by atoms with van der Waals surface area (Å²) in [5.74, 6) is 0.916. The Labute approximate surface area is 132 Å². The van der Waals surface area contributed by atoms with Gasteiger partial charge in [-0.25, -0.2) is 4.98 Å². The molecular weight excluding hydrogens is 302 g/mol. The number of benzene rings is 1. The van der Waals surface area contributed by atoms with E-state index >= 15 is 0 Å². The Morgan fingerprint density at radius 3 is 2.73 bits per heavy atom. The van der Waals surface area contributed by atoms with Crippen LogP contribution in [0.5, 0.6) is 0 Å². The van der Waals surface area contributed by atoms with Crippen molar-refractivity contribution in [2.45, 2.75) is 18.4 Å². The van der Waals surface area contributed by atoms with E-state index in [1.807, 2.05) is 12.1 Å². The first-order valence-corrected chi connectivity index (χ1v) is 7.76. The van der Waals surface area contributed by atoms with Crippen LogP contribution in [0.1, 0.15) is 21.9 Å². The number of nitrogens with one attached hydrogen (secondary N) is 2. The Morgan fingerprint density at radius 2 is 2.09 bits per heavy atom. The molecule has 0 saturated heterocycles. The summed E-state index contributed by atoms with van der Waals surface area (Å²) in [4.78, 5) is 31.1. The molecule has 0 fully saturated rings. The second kappa shape index (κ2) is 7.77. The first kappa shape index (κ1) is 16.3. The molecule has 22 heavy (non-hydrogen) atoms. The minimum atomic E-state index is -0.234. The zero-order valence-electron chi connectivity index (χ0n) is 12.1. The first-order valence-electron chi connectivity index (χ1n) is 6.77. The summed E-state index contributed by atoms with van der Waals surface area (Å²) in [7, 11) is 0. The van der Waals surface area contributed by atoms with Gasteiger partial charge in [0.2, 0.25) is 0 Å². The van der Waals surface area contributed by atoms with Crippen LogP contribution in [-0.2, 0) is 6.54 Å². The summed E-state index contributed by atoms with van der Waals surface area (Å²) < 4.78 is 0. The number of hydrogen-bond donors (Lipinski definition) is 3. The Kier molecular flexibility index (Phi) is 5.74. The number of nitrogens with zero attached hydrogens (tertiary/aromatic N) is 1. The first-order chi connectivity index (χ1) is 10.6. The molecule has 0 bridgehead atoms. The molecule has 7 heteroatoms. The second-order valence-corrected chi connectivity index (χ2v) is 5.77. The van der Waals surface area contributed by atoms with Crippen LogP contribution in [0.3, 0.4) is 0 Å². The predicted octanol–water partition coefficient (Wildman–Crippen LogP) is 1.09. The molecule has 0 radical (unpaired) electrons. The van der Waals surface area contributed by atoms with Crippen molar-refractivity contribution in [2.24, 2.45) is 0 Å². The molecule has 0 saturated carbocycles. The molecule has 2 aromatic rings. The lowest BCUT2D eigenvalue weighted by Crippen LogP contribution is -2.24. The van der Waals surface area contributed by atoms with Gasteiger partial charge in [0.25, 0.3) is 11.5 Å². The molecule has 3 N–H and O–H groups in total. The zero-order chi connectivity index (χ0) is 15.9. The molecule has 116 valence electrons. The SMILES string of the molecule is Cc1nc(CNC(=O)c2ccc(SCCO)cc2)cc(=O)[nH]1. The topological polar surface area (TPSA) is 95.1 Å². The van der Waals surface area contributed by atoms with Gasteiger partial charge in [0.15, 0.2) is 0 Å². The van der Waals surface area contributed by atoms with Gasteiger partial charge in [-0.3, -0.25) is 9.59 Å². The number of aliphatic hydroxyl groups excluding tert-OH is 1. The monoisotopic (exact) mass is 319 g/mol. The fourth-order valence-electron chi connectivity index (χ4n) is 1.87. The third-order valence-electron chi connectivity index (χ3n) is 2.82. The number of hydrogen-bond acceptors (Lipinski definition) is 5. The number of thioether (sulfide) groups is 1. The Morgan fingerprint density at radius 1 is 1.36 bits per heavy atom. The zero-order valence-corrected chi connectivity index (χ0v) is 12.9. The summed E-state index contributed by atoms with van der Waals surface area (Å²) in [6.07, 6.45) is 0. The highest BCUT2D eigenvalue weighted by molar-refractivity contribution is 7.99. The van der Waals surface area contributed by atoms with Gasteiger partial charge in [-0.05, 0) is 31.2 Å². The van der Waals surface area contributed by atoms with Gasteiger partial charge in [0.05, 0.1) is 18.8 Å². The van der Waals surface area contributed by atoms with E-state index in [1.54, 1.807) is 19.1 Å². The van der Waals surface area contributed by atoms with Crippen molar-refractivity contribution in [1.29, 1.82) is 0 Å². The minimum absolute atomic E-state index is 0.121. The fourth-order valence-corrected chi connectivity index (χ4v) is 2.53. The van der Waals surface area contributed by atoms with Crippen LogP contribution >= 0.6 is 11.8 Å². The van der Waals surface area contributed by atoms with Crippen molar-refractivity contribution >= 4 is 17.7 Å². The highest BCUT2D eigenvalue weighted by atomic mass is 32.2. The lowest BCUT2D eigenvalue weighted by Gasteiger charge is -2.06. The Bertz CT molecular complexity index is 698. The quantitative estimate of drug-likeness (QED) is 0.693. The van der Waals surface area contributed by atoms with Crippen molar-refractivity contribution in [2.75, 3.05) is 12.4 Å². The van der Waals surface area contributed by atoms with E-state index in [2.05, 4.69) is 15.3 Å².